The lowest BCUT2D eigenvalue weighted by atomic mass is 9.98. The smallest absolute Gasteiger partial charge is 0.233 e. The number of piperidine rings is 1. The number of ether oxygens (including phenoxy) is 1. The molecule has 5 rings (SSSR count). The molecule has 0 atom stereocenters. The van der Waals surface area contributed by atoms with E-state index in [1.807, 2.05) is 36.5 Å². The summed E-state index contributed by atoms with van der Waals surface area (Å²) in [5.41, 5.74) is 3.00. The summed E-state index contributed by atoms with van der Waals surface area (Å²) in [4.78, 5) is 11.6. The third-order valence-electron chi connectivity index (χ3n) is 5.50. The van der Waals surface area contributed by atoms with E-state index in [2.05, 4.69) is 26.1 Å². The van der Waals surface area contributed by atoms with E-state index in [9.17, 15) is 0 Å². The summed E-state index contributed by atoms with van der Waals surface area (Å²) in [5, 5.41) is 8.50. The van der Waals surface area contributed by atoms with Gasteiger partial charge in [-0.15, -0.1) is 5.10 Å². The van der Waals surface area contributed by atoms with Crippen molar-refractivity contribution in [1.82, 2.24) is 20.2 Å². The topological polar surface area (TPSA) is 64.0 Å². The van der Waals surface area contributed by atoms with Gasteiger partial charge < -0.3 is 9.64 Å². The number of para-hydroxylation sites is 2. The maximum Gasteiger partial charge on any atom is 0.233 e. The second kappa shape index (κ2) is 7.10. The molecule has 1 saturated carbocycles. The molecule has 27 heavy (non-hydrogen) atoms. The molecule has 138 valence electrons. The fourth-order valence-corrected chi connectivity index (χ4v) is 3.64. The van der Waals surface area contributed by atoms with Crippen LogP contribution in [0.15, 0.2) is 42.6 Å². The molecule has 2 aromatic heterocycles. The van der Waals surface area contributed by atoms with Crippen LogP contribution in [-0.4, -0.2) is 39.9 Å². The van der Waals surface area contributed by atoms with Crippen molar-refractivity contribution in [2.75, 3.05) is 24.6 Å². The molecular weight excluding hydrogens is 338 g/mol. The highest BCUT2D eigenvalue weighted by molar-refractivity contribution is 5.75. The molecular formula is C21H23N5O. The van der Waals surface area contributed by atoms with E-state index >= 15 is 0 Å². The number of hydrogen-bond donors (Lipinski definition) is 0. The van der Waals surface area contributed by atoms with Gasteiger partial charge in [-0.1, -0.05) is 12.1 Å². The predicted octanol–water partition coefficient (Wildman–Crippen LogP) is 3.59. The zero-order chi connectivity index (χ0) is 18.1. The first-order chi connectivity index (χ1) is 13.3. The Bertz CT molecular complexity index is 917. The van der Waals surface area contributed by atoms with Gasteiger partial charge in [0.15, 0.2) is 0 Å². The summed E-state index contributed by atoms with van der Waals surface area (Å²) in [7, 11) is 0. The normalized spacial score (nSPS) is 18.0. The van der Waals surface area contributed by atoms with Crippen LogP contribution in [0.5, 0.6) is 5.88 Å². The third kappa shape index (κ3) is 3.70. The van der Waals surface area contributed by atoms with Crippen molar-refractivity contribution in [1.29, 1.82) is 0 Å². The van der Waals surface area contributed by atoms with Crippen LogP contribution >= 0.6 is 0 Å². The largest absolute Gasteiger partial charge is 0.476 e. The monoisotopic (exact) mass is 361 g/mol. The lowest BCUT2D eigenvalue weighted by Gasteiger charge is -2.32. The molecule has 1 saturated heterocycles. The number of aromatic nitrogens is 4. The maximum absolute atomic E-state index is 5.88. The van der Waals surface area contributed by atoms with Crippen LogP contribution in [0.4, 0.5) is 5.82 Å². The molecule has 0 bridgehead atoms. The van der Waals surface area contributed by atoms with Gasteiger partial charge in [0.1, 0.15) is 5.82 Å². The predicted molar refractivity (Wildman–Crippen MR) is 104 cm³/mol. The van der Waals surface area contributed by atoms with E-state index in [1.54, 1.807) is 0 Å². The van der Waals surface area contributed by atoms with E-state index in [-0.39, 0.29) is 0 Å². The Morgan fingerprint density at radius 3 is 2.48 bits per heavy atom. The van der Waals surface area contributed by atoms with Crippen LogP contribution in [0.1, 0.15) is 37.3 Å². The first-order valence-electron chi connectivity index (χ1n) is 9.78. The molecule has 0 unspecified atom stereocenters. The van der Waals surface area contributed by atoms with Gasteiger partial charge in [-0.2, -0.15) is 5.10 Å². The number of nitrogens with zero attached hydrogens (tertiary/aromatic N) is 5. The van der Waals surface area contributed by atoms with Crippen LogP contribution in [0, 0.1) is 5.92 Å². The number of benzene rings is 1. The number of rotatable bonds is 5. The van der Waals surface area contributed by atoms with Crippen molar-refractivity contribution in [3.63, 3.8) is 0 Å². The number of hydrogen-bond acceptors (Lipinski definition) is 6. The van der Waals surface area contributed by atoms with Crippen LogP contribution in [0.3, 0.4) is 0 Å². The van der Waals surface area contributed by atoms with Crippen LogP contribution in [0.2, 0.25) is 0 Å². The standard InChI is InChI=1S/C21H23N5O/c1-2-4-19-18(3-1)22-13-20(23-19)26-11-9-15(10-12-26)14-27-21-8-7-17(24-25-21)16-5-6-16/h1-4,7-8,13,15-16H,5-6,9-12,14H2. The van der Waals surface area contributed by atoms with Crippen molar-refractivity contribution in [3.05, 3.63) is 48.3 Å². The molecule has 6 nitrogen and oxygen atoms in total. The lowest BCUT2D eigenvalue weighted by Crippen LogP contribution is -2.36. The van der Waals surface area contributed by atoms with E-state index in [1.165, 1.54) is 12.8 Å². The molecule has 0 radical (unpaired) electrons. The Balaban J connectivity index is 1.15. The SMILES string of the molecule is c1ccc2nc(N3CCC(COc4ccc(C5CC5)nn4)CC3)cnc2c1. The molecule has 1 aliphatic carbocycles. The van der Waals surface area contributed by atoms with Crippen LogP contribution in [-0.2, 0) is 0 Å². The summed E-state index contributed by atoms with van der Waals surface area (Å²) in [6, 6.07) is 12.0. The highest BCUT2D eigenvalue weighted by atomic mass is 16.5. The van der Waals surface area contributed by atoms with Crippen molar-refractivity contribution in [2.24, 2.45) is 5.92 Å². The fourth-order valence-electron chi connectivity index (χ4n) is 3.64. The Morgan fingerprint density at radius 1 is 0.926 bits per heavy atom. The molecule has 6 heteroatoms. The van der Waals surface area contributed by atoms with E-state index in [0.717, 1.165) is 48.5 Å². The zero-order valence-corrected chi connectivity index (χ0v) is 15.3. The van der Waals surface area contributed by atoms with Crippen molar-refractivity contribution in [3.8, 4) is 5.88 Å². The van der Waals surface area contributed by atoms with Crippen LogP contribution in [0.25, 0.3) is 11.0 Å². The summed E-state index contributed by atoms with van der Waals surface area (Å²) >= 11 is 0. The fraction of sp³-hybridized carbons (Fsp3) is 0.429. The molecule has 1 aliphatic heterocycles. The first kappa shape index (κ1) is 16.4. The molecule has 3 heterocycles. The van der Waals surface area contributed by atoms with Gasteiger partial charge in [0, 0.05) is 25.1 Å². The molecule has 1 aromatic carbocycles. The minimum Gasteiger partial charge on any atom is -0.476 e. The van der Waals surface area contributed by atoms with Crippen molar-refractivity contribution >= 4 is 16.9 Å². The van der Waals surface area contributed by atoms with Crippen molar-refractivity contribution < 1.29 is 4.74 Å². The van der Waals surface area contributed by atoms with E-state index in [4.69, 9.17) is 9.72 Å². The van der Waals surface area contributed by atoms with Gasteiger partial charge in [0.2, 0.25) is 5.88 Å². The second-order valence-electron chi connectivity index (χ2n) is 7.53. The molecule has 0 N–H and O–H groups in total. The minimum absolute atomic E-state index is 0.541. The summed E-state index contributed by atoms with van der Waals surface area (Å²) < 4.78 is 5.88. The van der Waals surface area contributed by atoms with E-state index in [0.29, 0.717) is 24.3 Å². The highest BCUT2D eigenvalue weighted by Gasteiger charge is 2.25. The van der Waals surface area contributed by atoms with Crippen molar-refractivity contribution in [2.45, 2.75) is 31.6 Å². The quantitative estimate of drug-likeness (QED) is 0.692. The Morgan fingerprint density at radius 2 is 1.74 bits per heavy atom. The van der Waals surface area contributed by atoms with Gasteiger partial charge >= 0.3 is 0 Å². The second-order valence-corrected chi connectivity index (χ2v) is 7.53. The van der Waals surface area contributed by atoms with Gasteiger partial charge in [-0.25, -0.2) is 4.98 Å². The molecule has 0 spiro atoms. The van der Waals surface area contributed by atoms with Crippen LogP contribution < -0.4 is 9.64 Å². The van der Waals surface area contributed by atoms with Gasteiger partial charge in [0.25, 0.3) is 0 Å². The summed E-state index contributed by atoms with van der Waals surface area (Å²) in [5.74, 6) is 2.78. The maximum atomic E-state index is 5.88. The molecule has 0 amide bonds. The Kier molecular flexibility index (Phi) is 4.32. The van der Waals surface area contributed by atoms with Gasteiger partial charge in [-0.3, -0.25) is 4.98 Å². The number of anilines is 1. The Hall–Kier alpha value is -2.76. The third-order valence-corrected chi connectivity index (χ3v) is 5.50. The zero-order valence-electron chi connectivity index (χ0n) is 15.3. The molecule has 2 aliphatic rings. The minimum atomic E-state index is 0.541. The molecule has 3 aromatic rings. The average Bonchev–Trinajstić information content (AvgIpc) is 3.58. The van der Waals surface area contributed by atoms with Gasteiger partial charge in [0.05, 0.1) is 29.5 Å². The first-order valence-corrected chi connectivity index (χ1v) is 9.78. The summed E-state index contributed by atoms with van der Waals surface area (Å²) in [6.45, 7) is 2.66. The Labute approximate surface area is 158 Å². The van der Waals surface area contributed by atoms with Gasteiger partial charge in [-0.05, 0) is 49.8 Å². The highest BCUT2D eigenvalue weighted by Crippen LogP contribution is 2.38. The van der Waals surface area contributed by atoms with E-state index < -0.39 is 0 Å². The lowest BCUT2D eigenvalue weighted by molar-refractivity contribution is 0.214. The average molecular weight is 361 g/mol. The number of fused-ring (bicyclic) bond motifs is 1. The molecule has 2 fully saturated rings. The summed E-state index contributed by atoms with van der Waals surface area (Å²) in [6.07, 6.45) is 6.55.